The molecular weight excluding hydrogens is 338 g/mol. The normalized spacial score (nSPS) is 20.0. The Labute approximate surface area is 151 Å². The molecule has 0 spiro atoms. The third kappa shape index (κ3) is 2.76. The largest absolute Gasteiger partial charge is 0.396 e. The lowest BCUT2D eigenvalue weighted by Gasteiger charge is -2.34. The van der Waals surface area contributed by atoms with Gasteiger partial charge in [0.15, 0.2) is 0 Å². The van der Waals surface area contributed by atoms with E-state index in [2.05, 4.69) is 0 Å². The number of anilines is 1. The van der Waals surface area contributed by atoms with E-state index in [4.69, 9.17) is 5.11 Å². The molecule has 2 aliphatic heterocycles. The van der Waals surface area contributed by atoms with Crippen molar-refractivity contribution < 1.29 is 24.3 Å². The summed E-state index contributed by atoms with van der Waals surface area (Å²) in [6, 6.07) is 4.02. The summed E-state index contributed by atoms with van der Waals surface area (Å²) < 4.78 is 0. The number of hydrogen-bond donors (Lipinski definition) is 1. The molecule has 26 heavy (non-hydrogen) atoms. The SMILES string of the molecule is CN(C)c1cccc2c1C(=O)N(C1CCC(=O)N(CCCO)C1=O)C2=O. The summed E-state index contributed by atoms with van der Waals surface area (Å²) in [7, 11) is 3.55. The minimum Gasteiger partial charge on any atom is -0.396 e. The molecule has 1 atom stereocenters. The number of aliphatic hydroxyl groups excluding tert-OH is 1. The van der Waals surface area contributed by atoms with Crippen molar-refractivity contribution in [2.24, 2.45) is 0 Å². The molecule has 0 bridgehead atoms. The van der Waals surface area contributed by atoms with Crippen molar-refractivity contribution in [3.8, 4) is 0 Å². The van der Waals surface area contributed by atoms with Crippen LogP contribution in [0.4, 0.5) is 5.69 Å². The highest BCUT2D eigenvalue weighted by Gasteiger charge is 2.47. The van der Waals surface area contributed by atoms with Gasteiger partial charge in [-0.3, -0.25) is 29.0 Å². The van der Waals surface area contributed by atoms with Crippen LogP contribution in [0.5, 0.6) is 0 Å². The fraction of sp³-hybridized carbons (Fsp3) is 0.444. The van der Waals surface area contributed by atoms with E-state index in [-0.39, 0.29) is 49.4 Å². The van der Waals surface area contributed by atoms with Crippen molar-refractivity contribution in [3.63, 3.8) is 0 Å². The van der Waals surface area contributed by atoms with Crippen LogP contribution in [0.15, 0.2) is 18.2 Å². The number of benzene rings is 1. The second kappa shape index (κ2) is 6.87. The fourth-order valence-electron chi connectivity index (χ4n) is 3.47. The Morgan fingerprint density at radius 1 is 1.15 bits per heavy atom. The van der Waals surface area contributed by atoms with Gasteiger partial charge in [-0.1, -0.05) is 6.07 Å². The molecule has 138 valence electrons. The molecule has 0 radical (unpaired) electrons. The van der Waals surface area contributed by atoms with Gasteiger partial charge in [0, 0.05) is 39.4 Å². The predicted octanol–water partition coefficient (Wildman–Crippen LogP) is 0.249. The maximum absolute atomic E-state index is 13.0. The van der Waals surface area contributed by atoms with Crippen molar-refractivity contribution >= 4 is 29.3 Å². The van der Waals surface area contributed by atoms with E-state index in [1.165, 1.54) is 0 Å². The summed E-state index contributed by atoms with van der Waals surface area (Å²) in [6.45, 7) is -0.0717. The first kappa shape index (κ1) is 18.1. The van der Waals surface area contributed by atoms with Gasteiger partial charge in [-0.15, -0.1) is 0 Å². The Hall–Kier alpha value is -2.74. The predicted molar refractivity (Wildman–Crippen MR) is 92.7 cm³/mol. The van der Waals surface area contributed by atoms with E-state index in [1.54, 1.807) is 37.2 Å². The third-order valence-electron chi connectivity index (χ3n) is 4.74. The van der Waals surface area contributed by atoms with E-state index in [1.807, 2.05) is 0 Å². The number of aliphatic hydroxyl groups is 1. The zero-order chi connectivity index (χ0) is 19.0. The average molecular weight is 359 g/mol. The standard InChI is InChI=1S/C18H21N3O5/c1-19(2)12-6-3-5-11-15(12)18(26)21(16(11)24)13-7-8-14(23)20(17(13)25)9-4-10-22/h3,5-6,13,22H,4,7-10H2,1-2H3. The lowest BCUT2D eigenvalue weighted by molar-refractivity contribution is -0.151. The van der Waals surface area contributed by atoms with Crippen molar-refractivity contribution in [1.82, 2.24) is 9.80 Å². The van der Waals surface area contributed by atoms with Gasteiger partial charge >= 0.3 is 0 Å². The summed E-state index contributed by atoms with van der Waals surface area (Å²) in [5.74, 6) is -1.92. The second-order valence-electron chi connectivity index (χ2n) is 6.59. The van der Waals surface area contributed by atoms with Gasteiger partial charge in [-0.2, -0.15) is 0 Å². The van der Waals surface area contributed by atoms with Gasteiger partial charge in [-0.25, -0.2) is 0 Å². The molecule has 1 aromatic rings. The van der Waals surface area contributed by atoms with Crippen molar-refractivity contribution in [2.45, 2.75) is 25.3 Å². The monoisotopic (exact) mass is 359 g/mol. The number of nitrogens with zero attached hydrogens (tertiary/aromatic N) is 3. The highest BCUT2D eigenvalue weighted by molar-refractivity contribution is 6.25. The first-order valence-corrected chi connectivity index (χ1v) is 8.51. The Balaban J connectivity index is 1.94. The summed E-state index contributed by atoms with van der Waals surface area (Å²) >= 11 is 0. The number of piperidine rings is 1. The van der Waals surface area contributed by atoms with E-state index in [0.29, 0.717) is 5.69 Å². The number of carbonyl (C=O) groups excluding carboxylic acids is 4. The second-order valence-corrected chi connectivity index (χ2v) is 6.59. The lowest BCUT2D eigenvalue weighted by Crippen LogP contribution is -2.56. The molecule has 8 nitrogen and oxygen atoms in total. The number of rotatable bonds is 5. The van der Waals surface area contributed by atoms with E-state index in [0.717, 1.165) is 9.80 Å². The number of likely N-dealkylation sites (tertiary alicyclic amines) is 1. The summed E-state index contributed by atoms with van der Waals surface area (Å²) in [4.78, 5) is 54.3. The van der Waals surface area contributed by atoms with Gasteiger partial charge in [0.2, 0.25) is 5.91 Å². The Morgan fingerprint density at radius 3 is 2.54 bits per heavy atom. The van der Waals surface area contributed by atoms with Crippen molar-refractivity contribution in [3.05, 3.63) is 29.3 Å². The minimum absolute atomic E-state index is 0.0791. The lowest BCUT2D eigenvalue weighted by atomic mass is 10.0. The number of imide groups is 2. The molecule has 2 heterocycles. The quantitative estimate of drug-likeness (QED) is 0.757. The molecule has 0 aliphatic carbocycles. The van der Waals surface area contributed by atoms with Crippen LogP contribution < -0.4 is 4.90 Å². The first-order chi connectivity index (χ1) is 12.4. The number of fused-ring (bicyclic) bond motifs is 1. The Kier molecular flexibility index (Phi) is 4.78. The van der Waals surface area contributed by atoms with Crippen LogP contribution in [0.25, 0.3) is 0 Å². The van der Waals surface area contributed by atoms with Crippen molar-refractivity contribution in [2.75, 3.05) is 32.1 Å². The maximum atomic E-state index is 13.0. The van der Waals surface area contributed by atoms with Gasteiger partial charge in [0.25, 0.3) is 17.7 Å². The van der Waals surface area contributed by atoms with E-state index in [9.17, 15) is 19.2 Å². The van der Waals surface area contributed by atoms with Crippen LogP contribution in [0.2, 0.25) is 0 Å². The minimum atomic E-state index is -0.992. The van der Waals surface area contributed by atoms with Crippen LogP contribution in [0.3, 0.4) is 0 Å². The maximum Gasteiger partial charge on any atom is 0.264 e. The van der Waals surface area contributed by atoms with Crippen LogP contribution in [0.1, 0.15) is 40.0 Å². The van der Waals surface area contributed by atoms with Crippen molar-refractivity contribution in [1.29, 1.82) is 0 Å². The van der Waals surface area contributed by atoms with Gasteiger partial charge in [0.05, 0.1) is 11.1 Å². The molecule has 0 saturated carbocycles. The molecule has 1 aromatic carbocycles. The van der Waals surface area contributed by atoms with Crippen LogP contribution in [-0.2, 0) is 9.59 Å². The van der Waals surface area contributed by atoms with Crippen LogP contribution in [-0.4, -0.2) is 71.8 Å². The topological polar surface area (TPSA) is 98.2 Å². The third-order valence-corrected chi connectivity index (χ3v) is 4.74. The highest BCUT2D eigenvalue weighted by Crippen LogP contribution is 2.34. The molecule has 0 aromatic heterocycles. The first-order valence-electron chi connectivity index (χ1n) is 8.51. The molecule has 3 rings (SSSR count). The molecule has 1 fully saturated rings. The van der Waals surface area contributed by atoms with E-state index >= 15 is 0 Å². The van der Waals surface area contributed by atoms with Gasteiger partial charge in [-0.05, 0) is 25.0 Å². The molecular formula is C18H21N3O5. The molecule has 2 aliphatic rings. The molecule has 1 unspecified atom stereocenters. The molecule has 1 saturated heterocycles. The summed E-state index contributed by atoms with van der Waals surface area (Å²) in [6.07, 6.45) is 0.461. The van der Waals surface area contributed by atoms with Gasteiger partial charge in [0.1, 0.15) is 6.04 Å². The fourth-order valence-corrected chi connectivity index (χ4v) is 3.47. The molecule has 4 amide bonds. The smallest absolute Gasteiger partial charge is 0.264 e. The van der Waals surface area contributed by atoms with Gasteiger partial charge < -0.3 is 10.0 Å². The number of amides is 4. The zero-order valence-electron chi connectivity index (χ0n) is 14.8. The van der Waals surface area contributed by atoms with E-state index < -0.39 is 23.8 Å². The summed E-state index contributed by atoms with van der Waals surface area (Å²) in [5, 5.41) is 8.96. The molecule has 8 heteroatoms. The number of hydrogen-bond acceptors (Lipinski definition) is 6. The number of carbonyl (C=O) groups is 4. The summed E-state index contributed by atoms with van der Waals surface area (Å²) in [5.41, 5.74) is 1.17. The van der Waals surface area contributed by atoms with Crippen LogP contribution >= 0.6 is 0 Å². The highest BCUT2D eigenvalue weighted by atomic mass is 16.3. The van der Waals surface area contributed by atoms with Crippen LogP contribution in [0, 0.1) is 0 Å². The molecule has 1 N–H and O–H groups in total. The Bertz CT molecular complexity index is 789. The average Bonchev–Trinajstić information content (AvgIpc) is 2.86. The zero-order valence-corrected chi connectivity index (χ0v) is 14.8. The Morgan fingerprint density at radius 2 is 1.88 bits per heavy atom.